The van der Waals surface area contributed by atoms with E-state index in [2.05, 4.69) is 0 Å². The highest BCUT2D eigenvalue weighted by atomic mass is 32.2. The minimum absolute atomic E-state index is 0.0422. The number of para-hydroxylation sites is 1. The highest BCUT2D eigenvalue weighted by molar-refractivity contribution is 8.13. The number of thioether (sulfide) groups is 1. The Bertz CT molecular complexity index is 732. The molecule has 1 aliphatic rings. The number of aliphatic imine (C=N–C) groups is 1. The molecule has 0 saturated heterocycles. The SMILES string of the molecule is CSC1=NC(C)(c2ccccc2)C(=O)N1N(C)c1ccccc1. The molecule has 2 aromatic rings. The van der Waals surface area contributed by atoms with E-state index in [1.807, 2.05) is 85.9 Å². The van der Waals surface area contributed by atoms with Gasteiger partial charge in [-0.3, -0.25) is 9.80 Å². The normalized spacial score (nSPS) is 20.6. The average Bonchev–Trinajstić information content (AvgIpc) is 2.88. The average molecular weight is 325 g/mol. The van der Waals surface area contributed by atoms with Crippen LogP contribution >= 0.6 is 11.8 Å². The van der Waals surface area contributed by atoms with Crippen LogP contribution in [0.3, 0.4) is 0 Å². The number of amides is 1. The first kappa shape index (κ1) is 15.6. The summed E-state index contributed by atoms with van der Waals surface area (Å²) >= 11 is 1.48. The number of anilines is 1. The summed E-state index contributed by atoms with van der Waals surface area (Å²) in [6, 6.07) is 19.5. The standard InChI is InChI=1S/C18H19N3OS/c1-18(14-10-6-4-7-11-14)16(22)21(17(19-18)23-3)20(2)15-12-8-5-9-13-15/h4-13H,1-3H3. The molecule has 2 aromatic carbocycles. The van der Waals surface area contributed by atoms with Gasteiger partial charge in [-0.05, 0) is 30.9 Å². The molecular formula is C18H19N3OS. The molecule has 0 fully saturated rings. The van der Waals surface area contributed by atoms with Crippen LogP contribution in [0.1, 0.15) is 12.5 Å². The maximum atomic E-state index is 13.2. The van der Waals surface area contributed by atoms with E-state index in [0.29, 0.717) is 5.17 Å². The van der Waals surface area contributed by atoms with Crippen LogP contribution in [-0.2, 0) is 10.3 Å². The molecule has 23 heavy (non-hydrogen) atoms. The summed E-state index contributed by atoms with van der Waals surface area (Å²) in [5, 5.41) is 4.21. The van der Waals surface area contributed by atoms with Gasteiger partial charge < -0.3 is 0 Å². The first-order valence-electron chi connectivity index (χ1n) is 7.40. The van der Waals surface area contributed by atoms with E-state index in [4.69, 9.17) is 4.99 Å². The fourth-order valence-electron chi connectivity index (χ4n) is 2.69. The monoisotopic (exact) mass is 325 g/mol. The molecule has 1 aliphatic heterocycles. The van der Waals surface area contributed by atoms with Crippen LogP contribution in [0.5, 0.6) is 0 Å². The van der Waals surface area contributed by atoms with Gasteiger partial charge in [-0.1, -0.05) is 60.3 Å². The number of rotatable bonds is 3. The van der Waals surface area contributed by atoms with Crippen molar-refractivity contribution in [3.8, 4) is 0 Å². The first-order valence-corrected chi connectivity index (χ1v) is 8.63. The second kappa shape index (κ2) is 6.08. The molecule has 118 valence electrons. The predicted octanol–water partition coefficient (Wildman–Crippen LogP) is 3.51. The Labute approximate surface area is 140 Å². The van der Waals surface area contributed by atoms with Crippen molar-refractivity contribution in [3.05, 3.63) is 66.2 Å². The molecule has 1 unspecified atom stereocenters. The van der Waals surface area contributed by atoms with Crippen LogP contribution in [0.15, 0.2) is 65.7 Å². The lowest BCUT2D eigenvalue weighted by Crippen LogP contribution is -2.48. The Morgan fingerprint density at radius 2 is 1.61 bits per heavy atom. The van der Waals surface area contributed by atoms with Crippen LogP contribution in [0.4, 0.5) is 5.69 Å². The summed E-state index contributed by atoms with van der Waals surface area (Å²) in [5.41, 5.74) is 0.961. The van der Waals surface area contributed by atoms with Crippen molar-refractivity contribution in [2.24, 2.45) is 4.99 Å². The van der Waals surface area contributed by atoms with Crippen LogP contribution in [0.25, 0.3) is 0 Å². The zero-order chi connectivity index (χ0) is 16.4. The van der Waals surface area contributed by atoms with Crippen molar-refractivity contribution in [1.29, 1.82) is 0 Å². The number of hydrazine groups is 1. The summed E-state index contributed by atoms with van der Waals surface area (Å²) in [6.07, 6.45) is 1.94. The van der Waals surface area contributed by atoms with Crippen LogP contribution in [-0.4, -0.2) is 29.4 Å². The Morgan fingerprint density at radius 1 is 1.04 bits per heavy atom. The molecule has 1 heterocycles. The Kier molecular flexibility index (Phi) is 4.13. The molecular weight excluding hydrogens is 306 g/mol. The molecule has 0 N–H and O–H groups in total. The third-order valence-electron chi connectivity index (χ3n) is 4.06. The van der Waals surface area contributed by atoms with Gasteiger partial charge in [0.05, 0.1) is 5.69 Å². The van der Waals surface area contributed by atoms with Crippen molar-refractivity contribution < 1.29 is 4.79 Å². The summed E-state index contributed by atoms with van der Waals surface area (Å²) in [5.74, 6) is -0.0422. The largest absolute Gasteiger partial charge is 0.280 e. The number of hydrogen-bond donors (Lipinski definition) is 0. The highest BCUT2D eigenvalue weighted by Crippen LogP contribution is 2.36. The predicted molar refractivity (Wildman–Crippen MR) is 96.4 cm³/mol. The van der Waals surface area contributed by atoms with Crippen LogP contribution < -0.4 is 5.01 Å². The topological polar surface area (TPSA) is 35.9 Å². The van der Waals surface area contributed by atoms with Crippen LogP contribution in [0, 0.1) is 0 Å². The van der Waals surface area contributed by atoms with Crippen molar-refractivity contribution in [1.82, 2.24) is 5.01 Å². The quantitative estimate of drug-likeness (QED) is 0.866. The van der Waals surface area contributed by atoms with Crippen molar-refractivity contribution in [3.63, 3.8) is 0 Å². The summed E-state index contributed by atoms with van der Waals surface area (Å²) in [6.45, 7) is 1.87. The molecule has 0 bridgehead atoms. The van der Waals surface area contributed by atoms with Crippen molar-refractivity contribution in [2.45, 2.75) is 12.5 Å². The van der Waals surface area contributed by atoms with E-state index in [0.717, 1.165) is 11.3 Å². The van der Waals surface area contributed by atoms with Gasteiger partial charge in [0.2, 0.25) is 0 Å². The van der Waals surface area contributed by atoms with Gasteiger partial charge in [-0.2, -0.15) is 5.01 Å². The molecule has 0 saturated carbocycles. The molecule has 0 aliphatic carbocycles. The van der Waals surface area contributed by atoms with Gasteiger partial charge in [0, 0.05) is 7.05 Å². The minimum atomic E-state index is -0.886. The highest BCUT2D eigenvalue weighted by Gasteiger charge is 2.47. The number of hydrogen-bond acceptors (Lipinski definition) is 4. The summed E-state index contributed by atoms with van der Waals surface area (Å²) < 4.78 is 0. The molecule has 1 atom stereocenters. The Morgan fingerprint density at radius 3 is 2.17 bits per heavy atom. The molecule has 3 rings (SSSR count). The van der Waals surface area contributed by atoms with Gasteiger partial charge >= 0.3 is 0 Å². The maximum Gasteiger partial charge on any atom is 0.279 e. The summed E-state index contributed by atoms with van der Waals surface area (Å²) in [4.78, 5) is 17.9. The number of benzene rings is 2. The smallest absolute Gasteiger partial charge is 0.279 e. The van der Waals surface area contributed by atoms with E-state index in [1.165, 1.54) is 11.8 Å². The molecule has 0 radical (unpaired) electrons. The van der Waals surface area contributed by atoms with Gasteiger partial charge in [-0.25, -0.2) is 4.99 Å². The Balaban J connectivity index is 2.01. The minimum Gasteiger partial charge on any atom is -0.280 e. The third-order valence-corrected chi connectivity index (χ3v) is 4.69. The van der Waals surface area contributed by atoms with E-state index in [1.54, 1.807) is 5.01 Å². The van der Waals surface area contributed by atoms with Gasteiger partial charge in [0.25, 0.3) is 5.91 Å². The van der Waals surface area contributed by atoms with Gasteiger partial charge in [0.15, 0.2) is 10.7 Å². The van der Waals surface area contributed by atoms with Crippen molar-refractivity contribution in [2.75, 3.05) is 18.3 Å². The van der Waals surface area contributed by atoms with E-state index in [-0.39, 0.29) is 5.91 Å². The lowest BCUT2D eigenvalue weighted by molar-refractivity contribution is -0.131. The third kappa shape index (κ3) is 2.61. The maximum absolute atomic E-state index is 13.2. The van der Waals surface area contributed by atoms with E-state index >= 15 is 0 Å². The van der Waals surface area contributed by atoms with E-state index < -0.39 is 5.54 Å². The molecule has 0 aromatic heterocycles. The van der Waals surface area contributed by atoms with E-state index in [9.17, 15) is 4.79 Å². The fraction of sp³-hybridized carbons (Fsp3) is 0.222. The second-order valence-electron chi connectivity index (χ2n) is 5.51. The number of amidine groups is 1. The molecule has 4 nitrogen and oxygen atoms in total. The number of carbonyl (C=O) groups excluding carboxylic acids is 1. The fourth-order valence-corrected chi connectivity index (χ4v) is 3.34. The summed E-state index contributed by atoms with van der Waals surface area (Å²) in [7, 11) is 1.88. The lowest BCUT2D eigenvalue weighted by Gasteiger charge is -2.31. The zero-order valence-electron chi connectivity index (χ0n) is 13.4. The molecule has 0 spiro atoms. The zero-order valence-corrected chi connectivity index (χ0v) is 14.2. The van der Waals surface area contributed by atoms with Gasteiger partial charge in [0.1, 0.15) is 0 Å². The van der Waals surface area contributed by atoms with Gasteiger partial charge in [-0.15, -0.1) is 0 Å². The number of nitrogens with zero attached hydrogens (tertiary/aromatic N) is 3. The molecule has 5 heteroatoms. The molecule has 1 amide bonds. The second-order valence-corrected chi connectivity index (χ2v) is 6.29. The number of carbonyl (C=O) groups is 1. The first-order chi connectivity index (χ1) is 11.1. The van der Waals surface area contributed by atoms with Crippen LogP contribution in [0.2, 0.25) is 0 Å². The lowest BCUT2D eigenvalue weighted by atomic mass is 9.92. The Hall–Kier alpha value is -2.27. The van der Waals surface area contributed by atoms with Crippen molar-refractivity contribution >= 4 is 28.5 Å².